The zero-order chi connectivity index (χ0) is 10.7. The molecule has 0 saturated carbocycles. The van der Waals surface area contributed by atoms with Crippen LogP contribution in [0.1, 0.15) is 6.42 Å². The number of ether oxygens (including phenoxy) is 1. The number of aromatic hydroxyl groups is 1. The van der Waals surface area contributed by atoms with Gasteiger partial charge in [0.2, 0.25) is 0 Å². The summed E-state index contributed by atoms with van der Waals surface area (Å²) in [7, 11) is 1.54. The Bertz CT molecular complexity index is 335. The smallest absolute Gasteiger partial charge is 0.160 e. The summed E-state index contributed by atoms with van der Waals surface area (Å²) in [5, 5.41) is 16.2. The third-order valence-corrected chi connectivity index (χ3v) is 2.61. The lowest BCUT2D eigenvalue weighted by atomic mass is 10.2. The quantitative estimate of drug-likeness (QED) is 0.698. The van der Waals surface area contributed by atoms with Crippen LogP contribution in [0.3, 0.4) is 0 Å². The first kappa shape index (κ1) is 10.1. The molecular weight excluding hydrogens is 192 g/mol. The van der Waals surface area contributed by atoms with E-state index in [1.54, 1.807) is 19.2 Å². The van der Waals surface area contributed by atoms with Crippen molar-refractivity contribution in [2.75, 3.05) is 25.5 Å². The van der Waals surface area contributed by atoms with Crippen LogP contribution in [-0.2, 0) is 0 Å². The summed E-state index contributed by atoms with van der Waals surface area (Å²) in [6.07, 6.45) is 1.12. The number of benzene rings is 1. The van der Waals surface area contributed by atoms with Crippen LogP contribution in [0, 0.1) is 0 Å². The largest absolute Gasteiger partial charge is 0.504 e. The molecule has 1 unspecified atom stereocenters. The van der Waals surface area contributed by atoms with E-state index >= 15 is 0 Å². The van der Waals surface area contributed by atoms with Gasteiger partial charge in [0.05, 0.1) is 7.11 Å². The lowest BCUT2D eigenvalue weighted by Gasteiger charge is -2.13. The van der Waals surface area contributed by atoms with E-state index in [4.69, 9.17) is 4.74 Å². The molecule has 0 aromatic heterocycles. The molecule has 0 aliphatic carbocycles. The number of anilines is 1. The molecule has 0 radical (unpaired) electrons. The van der Waals surface area contributed by atoms with Crippen molar-refractivity contribution in [2.45, 2.75) is 12.5 Å². The Morgan fingerprint density at radius 2 is 2.40 bits per heavy atom. The van der Waals surface area contributed by atoms with Gasteiger partial charge in [-0.2, -0.15) is 0 Å². The highest BCUT2D eigenvalue weighted by Gasteiger charge is 2.14. The summed E-state index contributed by atoms with van der Waals surface area (Å²) in [5.74, 6) is 0.679. The number of methoxy groups -OCH3 is 1. The third-order valence-electron chi connectivity index (χ3n) is 2.61. The molecule has 0 spiro atoms. The summed E-state index contributed by atoms with van der Waals surface area (Å²) in [6, 6.07) is 5.83. The van der Waals surface area contributed by atoms with Gasteiger partial charge >= 0.3 is 0 Å². The van der Waals surface area contributed by atoms with Gasteiger partial charge in [-0.1, -0.05) is 0 Å². The van der Waals surface area contributed by atoms with Crippen molar-refractivity contribution >= 4 is 5.69 Å². The van der Waals surface area contributed by atoms with Gasteiger partial charge < -0.3 is 20.5 Å². The lowest BCUT2D eigenvalue weighted by Crippen LogP contribution is -2.21. The monoisotopic (exact) mass is 208 g/mol. The molecule has 1 aliphatic heterocycles. The van der Waals surface area contributed by atoms with E-state index < -0.39 is 0 Å². The van der Waals surface area contributed by atoms with Crippen LogP contribution in [0.4, 0.5) is 5.69 Å². The maximum Gasteiger partial charge on any atom is 0.160 e. The molecule has 4 heteroatoms. The van der Waals surface area contributed by atoms with Crippen LogP contribution >= 0.6 is 0 Å². The summed E-state index contributed by atoms with van der Waals surface area (Å²) >= 11 is 0. The first-order valence-corrected chi connectivity index (χ1v) is 5.14. The molecule has 3 N–H and O–H groups in total. The summed E-state index contributed by atoms with van der Waals surface area (Å²) in [6.45, 7) is 2.03. The third kappa shape index (κ3) is 2.33. The lowest BCUT2D eigenvalue weighted by molar-refractivity contribution is 0.373. The molecule has 1 aromatic rings. The van der Waals surface area contributed by atoms with Crippen LogP contribution < -0.4 is 15.4 Å². The van der Waals surface area contributed by atoms with Gasteiger partial charge in [-0.05, 0) is 25.1 Å². The summed E-state index contributed by atoms with van der Waals surface area (Å²) in [4.78, 5) is 0. The number of hydrogen-bond donors (Lipinski definition) is 3. The van der Waals surface area contributed by atoms with E-state index in [0.717, 1.165) is 25.2 Å². The fourth-order valence-corrected chi connectivity index (χ4v) is 1.79. The highest BCUT2D eigenvalue weighted by molar-refractivity contribution is 5.54. The van der Waals surface area contributed by atoms with E-state index in [9.17, 15) is 5.11 Å². The topological polar surface area (TPSA) is 53.5 Å². The van der Waals surface area contributed by atoms with Crippen molar-refractivity contribution in [3.8, 4) is 11.5 Å². The number of nitrogens with one attached hydrogen (secondary N) is 2. The van der Waals surface area contributed by atoms with E-state index in [1.165, 1.54) is 0 Å². The van der Waals surface area contributed by atoms with Crippen molar-refractivity contribution in [3.63, 3.8) is 0 Å². The first-order valence-electron chi connectivity index (χ1n) is 5.14. The van der Waals surface area contributed by atoms with Gasteiger partial charge in [-0.25, -0.2) is 0 Å². The van der Waals surface area contributed by atoms with E-state index in [0.29, 0.717) is 11.8 Å². The Hall–Kier alpha value is -1.42. The van der Waals surface area contributed by atoms with Gasteiger partial charge in [0.1, 0.15) is 0 Å². The molecule has 1 heterocycles. The number of phenols is 1. The van der Waals surface area contributed by atoms with E-state index in [-0.39, 0.29) is 5.75 Å². The minimum Gasteiger partial charge on any atom is -0.504 e. The van der Waals surface area contributed by atoms with Crippen LogP contribution in [-0.4, -0.2) is 31.3 Å². The molecule has 0 bridgehead atoms. The average Bonchev–Trinajstić information content (AvgIpc) is 2.71. The average molecular weight is 208 g/mol. The second-order valence-corrected chi connectivity index (χ2v) is 3.72. The Kier molecular flexibility index (Phi) is 2.97. The molecule has 82 valence electrons. The maximum absolute atomic E-state index is 9.58. The second kappa shape index (κ2) is 4.40. The van der Waals surface area contributed by atoms with Crippen LogP contribution in [0.25, 0.3) is 0 Å². The molecule has 1 fully saturated rings. The standard InChI is InChI=1S/C11H16N2O2/c1-15-11-3-2-8(6-10(11)14)13-9-4-5-12-7-9/h2-3,6,9,12-14H,4-5,7H2,1H3. The highest BCUT2D eigenvalue weighted by Crippen LogP contribution is 2.29. The SMILES string of the molecule is COc1ccc(NC2CCNC2)cc1O. The van der Waals surface area contributed by atoms with E-state index in [1.807, 2.05) is 6.07 Å². The summed E-state index contributed by atoms with van der Waals surface area (Å²) < 4.78 is 4.98. The van der Waals surface area contributed by atoms with Gasteiger partial charge in [0, 0.05) is 24.3 Å². The maximum atomic E-state index is 9.58. The number of phenolic OH excluding ortho intramolecular Hbond substituents is 1. The highest BCUT2D eigenvalue weighted by atomic mass is 16.5. The zero-order valence-electron chi connectivity index (χ0n) is 8.79. The Morgan fingerprint density at radius 1 is 1.53 bits per heavy atom. The second-order valence-electron chi connectivity index (χ2n) is 3.72. The molecular formula is C11H16N2O2. The van der Waals surface area contributed by atoms with Crippen molar-refractivity contribution < 1.29 is 9.84 Å². The van der Waals surface area contributed by atoms with Gasteiger partial charge in [-0.3, -0.25) is 0 Å². The Morgan fingerprint density at radius 3 is 3.00 bits per heavy atom. The van der Waals surface area contributed by atoms with Crippen LogP contribution in [0.2, 0.25) is 0 Å². The molecule has 1 aliphatic rings. The Balaban J connectivity index is 2.05. The van der Waals surface area contributed by atoms with Crippen molar-refractivity contribution in [2.24, 2.45) is 0 Å². The van der Waals surface area contributed by atoms with Crippen molar-refractivity contribution in [3.05, 3.63) is 18.2 Å². The minimum absolute atomic E-state index is 0.174. The summed E-state index contributed by atoms with van der Waals surface area (Å²) in [5.41, 5.74) is 0.932. The molecule has 1 atom stereocenters. The van der Waals surface area contributed by atoms with E-state index in [2.05, 4.69) is 10.6 Å². The predicted molar refractivity (Wildman–Crippen MR) is 59.6 cm³/mol. The minimum atomic E-state index is 0.174. The number of rotatable bonds is 3. The van der Waals surface area contributed by atoms with Crippen molar-refractivity contribution in [1.82, 2.24) is 5.32 Å². The molecule has 4 nitrogen and oxygen atoms in total. The number of hydrogen-bond acceptors (Lipinski definition) is 4. The molecule has 15 heavy (non-hydrogen) atoms. The first-order chi connectivity index (χ1) is 7.29. The predicted octanol–water partition coefficient (Wildman–Crippen LogP) is 1.17. The van der Waals surface area contributed by atoms with Gasteiger partial charge in [0.25, 0.3) is 0 Å². The molecule has 0 amide bonds. The van der Waals surface area contributed by atoms with Gasteiger partial charge in [0.15, 0.2) is 11.5 Å². The fraction of sp³-hybridized carbons (Fsp3) is 0.455. The van der Waals surface area contributed by atoms with Gasteiger partial charge in [-0.15, -0.1) is 0 Å². The van der Waals surface area contributed by atoms with Crippen LogP contribution in [0.5, 0.6) is 11.5 Å². The van der Waals surface area contributed by atoms with Crippen LogP contribution in [0.15, 0.2) is 18.2 Å². The molecule has 1 saturated heterocycles. The normalized spacial score (nSPS) is 20.2. The van der Waals surface area contributed by atoms with Crippen molar-refractivity contribution in [1.29, 1.82) is 0 Å². The fourth-order valence-electron chi connectivity index (χ4n) is 1.79. The molecule has 2 rings (SSSR count). The molecule has 1 aromatic carbocycles. The zero-order valence-corrected chi connectivity index (χ0v) is 8.79. The Labute approximate surface area is 89.3 Å².